The molecule has 0 aliphatic heterocycles. The van der Waals surface area contributed by atoms with Gasteiger partial charge in [0.1, 0.15) is 0 Å². The van der Waals surface area contributed by atoms with E-state index in [0.717, 1.165) is 0 Å². The molecule has 0 bridgehead atoms. The minimum absolute atomic E-state index is 0.0639. The monoisotopic (exact) mass is 686 g/mol. The predicted octanol–water partition coefficient (Wildman–Crippen LogP) is 14.5. The van der Waals surface area contributed by atoms with E-state index in [2.05, 4.69) is 202 Å². The fourth-order valence-electron chi connectivity index (χ4n) is 9.75. The molecule has 9 aromatic carbocycles. The van der Waals surface area contributed by atoms with E-state index in [-0.39, 0.29) is 11.3 Å². The summed E-state index contributed by atoms with van der Waals surface area (Å²) in [6, 6.07) is 68.0. The van der Waals surface area contributed by atoms with Crippen LogP contribution >= 0.6 is 0 Å². The van der Waals surface area contributed by atoms with E-state index >= 15 is 0 Å². The third kappa shape index (κ3) is 4.56. The van der Waals surface area contributed by atoms with Crippen molar-refractivity contribution < 1.29 is 0 Å². The van der Waals surface area contributed by atoms with Gasteiger partial charge in [-0.1, -0.05) is 178 Å². The normalized spacial score (nSPS) is 15.3. The maximum Gasteiger partial charge on any atom is 0.0352 e. The fraction of sp³-hybridized carbons (Fsp3) is 0.0741. The molecule has 2 aliphatic carbocycles. The Balaban J connectivity index is 1.07. The first-order valence-electron chi connectivity index (χ1n) is 19.1. The van der Waals surface area contributed by atoms with Crippen molar-refractivity contribution in [1.29, 1.82) is 0 Å². The van der Waals surface area contributed by atoms with E-state index in [1.165, 1.54) is 105 Å². The van der Waals surface area contributed by atoms with Gasteiger partial charge in [0, 0.05) is 11.3 Å². The first-order valence-corrected chi connectivity index (χ1v) is 19.1. The zero-order valence-electron chi connectivity index (χ0n) is 30.5. The van der Waals surface area contributed by atoms with Crippen LogP contribution in [0.25, 0.3) is 77.3 Å². The molecule has 1 unspecified atom stereocenters. The maximum atomic E-state index is 2.47. The van der Waals surface area contributed by atoms with Gasteiger partial charge < -0.3 is 0 Å². The molecule has 0 saturated carbocycles. The van der Waals surface area contributed by atoms with Gasteiger partial charge in [-0.15, -0.1) is 0 Å². The van der Waals surface area contributed by atoms with Crippen LogP contribution in [0.1, 0.15) is 53.1 Å². The average molecular weight is 687 g/mol. The summed E-state index contributed by atoms with van der Waals surface area (Å²) in [6.45, 7) is 4.75. The lowest BCUT2D eigenvalue weighted by molar-refractivity contribution is 0.661. The van der Waals surface area contributed by atoms with Crippen molar-refractivity contribution in [3.63, 3.8) is 0 Å². The Kier molecular flexibility index (Phi) is 6.76. The van der Waals surface area contributed by atoms with Crippen molar-refractivity contribution in [2.75, 3.05) is 0 Å². The van der Waals surface area contributed by atoms with Crippen LogP contribution < -0.4 is 0 Å². The summed E-state index contributed by atoms with van der Waals surface area (Å²) in [6.07, 6.45) is 2.38. The Hall–Kier alpha value is -6.50. The van der Waals surface area contributed by atoms with Crippen LogP contribution in [0.2, 0.25) is 0 Å². The summed E-state index contributed by atoms with van der Waals surface area (Å²) >= 11 is 0. The minimum Gasteiger partial charge on any atom is -0.0622 e. The van der Waals surface area contributed by atoms with E-state index in [4.69, 9.17) is 0 Å². The molecule has 0 saturated heterocycles. The van der Waals surface area contributed by atoms with Crippen molar-refractivity contribution in [1.82, 2.24) is 0 Å². The van der Waals surface area contributed by atoms with Crippen LogP contribution in [-0.4, -0.2) is 0 Å². The Labute approximate surface area is 316 Å². The van der Waals surface area contributed by atoms with Gasteiger partial charge in [0.05, 0.1) is 0 Å². The van der Waals surface area contributed by atoms with Crippen LogP contribution in [0.15, 0.2) is 182 Å². The number of fused-ring (bicyclic) bond motifs is 7. The standard InChI is InChI=1S/C54H38/c1-54(2)49-29-28-40(32-47(49)48-30-37-16-6-7-17-38(37)33-50(48)54)53-44-22-12-10-20-42(44)52(43-21-11-13-23-45(43)53)36-26-24-35(25-27-36)51-41-19-9-8-18-39(41)31-46(51)34-14-4-3-5-15-34/h3-33,51H,1-2H3. The second kappa shape index (κ2) is 11.8. The SMILES string of the molecule is CC1(C)c2ccc(-c3c4ccccc4c(-c4ccc(C5C(c6ccccc6)=Cc6ccccc65)cc4)c4ccccc34)cc2-c2cc3ccccc3cc21. The summed E-state index contributed by atoms with van der Waals surface area (Å²) in [5.74, 6) is 0.196. The zero-order valence-corrected chi connectivity index (χ0v) is 30.5. The summed E-state index contributed by atoms with van der Waals surface area (Å²) in [7, 11) is 0. The molecule has 2 aliphatic rings. The van der Waals surface area contributed by atoms with E-state index in [0.29, 0.717) is 0 Å². The molecule has 9 aromatic rings. The summed E-state index contributed by atoms with van der Waals surface area (Å²) in [5.41, 5.74) is 17.2. The van der Waals surface area contributed by atoms with Crippen LogP contribution in [0.4, 0.5) is 0 Å². The van der Waals surface area contributed by atoms with Crippen LogP contribution in [0.5, 0.6) is 0 Å². The number of hydrogen-bond donors (Lipinski definition) is 0. The van der Waals surface area contributed by atoms with Gasteiger partial charge in [-0.05, 0) is 129 Å². The summed E-state index contributed by atoms with van der Waals surface area (Å²) in [4.78, 5) is 0. The van der Waals surface area contributed by atoms with E-state index in [1.807, 2.05) is 0 Å². The van der Waals surface area contributed by atoms with Gasteiger partial charge in [-0.2, -0.15) is 0 Å². The molecule has 0 radical (unpaired) electrons. The summed E-state index contributed by atoms with van der Waals surface area (Å²) < 4.78 is 0. The lowest BCUT2D eigenvalue weighted by atomic mass is 9.81. The van der Waals surface area contributed by atoms with Crippen molar-refractivity contribution in [3.05, 3.63) is 215 Å². The molecule has 54 heavy (non-hydrogen) atoms. The molecule has 0 aromatic heterocycles. The molecule has 0 heteroatoms. The van der Waals surface area contributed by atoms with Gasteiger partial charge in [-0.25, -0.2) is 0 Å². The molecule has 11 rings (SSSR count). The highest BCUT2D eigenvalue weighted by Crippen LogP contribution is 2.53. The smallest absolute Gasteiger partial charge is 0.0352 e. The summed E-state index contributed by atoms with van der Waals surface area (Å²) in [5, 5.41) is 7.72. The van der Waals surface area contributed by atoms with Crippen molar-refractivity contribution in [3.8, 4) is 33.4 Å². The maximum absolute atomic E-state index is 2.47. The first kappa shape index (κ1) is 31.1. The van der Waals surface area contributed by atoms with Crippen molar-refractivity contribution in [2.45, 2.75) is 25.2 Å². The number of allylic oxidation sites excluding steroid dienone is 1. The molecular formula is C54H38. The number of rotatable bonds is 4. The molecule has 0 amide bonds. The average Bonchev–Trinajstić information content (AvgIpc) is 3.71. The number of hydrogen-bond acceptors (Lipinski definition) is 0. The molecule has 0 N–H and O–H groups in total. The van der Waals surface area contributed by atoms with Crippen LogP contribution in [0, 0.1) is 0 Å². The van der Waals surface area contributed by atoms with Gasteiger partial charge in [0.25, 0.3) is 0 Å². The van der Waals surface area contributed by atoms with Gasteiger partial charge in [-0.3, -0.25) is 0 Å². The fourth-order valence-corrected chi connectivity index (χ4v) is 9.75. The molecule has 1 atom stereocenters. The highest BCUT2D eigenvalue weighted by Gasteiger charge is 2.36. The van der Waals surface area contributed by atoms with E-state index in [1.54, 1.807) is 0 Å². The Bertz CT molecular complexity index is 2940. The molecule has 0 fully saturated rings. The zero-order chi connectivity index (χ0) is 36.0. The highest BCUT2D eigenvalue weighted by atomic mass is 14.4. The van der Waals surface area contributed by atoms with Crippen molar-refractivity contribution in [2.24, 2.45) is 0 Å². The second-order valence-electron chi connectivity index (χ2n) is 15.6. The third-order valence-electron chi connectivity index (χ3n) is 12.3. The lowest BCUT2D eigenvalue weighted by Gasteiger charge is -2.22. The van der Waals surface area contributed by atoms with E-state index < -0.39 is 0 Å². The molecular weight excluding hydrogens is 649 g/mol. The largest absolute Gasteiger partial charge is 0.0622 e. The van der Waals surface area contributed by atoms with Gasteiger partial charge in [0.15, 0.2) is 0 Å². The van der Waals surface area contributed by atoms with E-state index in [9.17, 15) is 0 Å². The van der Waals surface area contributed by atoms with Gasteiger partial charge >= 0.3 is 0 Å². The molecule has 254 valence electrons. The minimum atomic E-state index is -0.0639. The number of benzene rings is 9. The Morgan fingerprint density at radius 1 is 0.407 bits per heavy atom. The molecule has 0 heterocycles. The van der Waals surface area contributed by atoms with Crippen LogP contribution in [-0.2, 0) is 5.41 Å². The van der Waals surface area contributed by atoms with Crippen LogP contribution in [0.3, 0.4) is 0 Å². The lowest BCUT2D eigenvalue weighted by Crippen LogP contribution is -2.14. The van der Waals surface area contributed by atoms with Gasteiger partial charge in [0.2, 0.25) is 0 Å². The topological polar surface area (TPSA) is 0 Å². The second-order valence-corrected chi connectivity index (χ2v) is 15.6. The Morgan fingerprint density at radius 3 is 1.63 bits per heavy atom. The quantitative estimate of drug-likeness (QED) is 0.162. The Morgan fingerprint density at radius 2 is 0.944 bits per heavy atom. The third-order valence-corrected chi connectivity index (χ3v) is 12.3. The first-order chi connectivity index (χ1) is 26.5. The van der Waals surface area contributed by atoms with Crippen molar-refractivity contribution >= 4 is 44.0 Å². The molecule has 0 nitrogen and oxygen atoms in total. The highest BCUT2D eigenvalue weighted by molar-refractivity contribution is 6.21. The predicted molar refractivity (Wildman–Crippen MR) is 230 cm³/mol. The molecule has 0 spiro atoms.